The molecule has 1 saturated carbocycles. The summed E-state index contributed by atoms with van der Waals surface area (Å²) in [6.07, 6.45) is 6.70. The number of halogens is 1. The zero-order chi connectivity index (χ0) is 16.3. The van der Waals surface area contributed by atoms with E-state index in [0.29, 0.717) is 6.54 Å². The fourth-order valence-electron chi connectivity index (χ4n) is 3.99. The molecule has 1 aromatic carbocycles. The van der Waals surface area contributed by atoms with E-state index in [0.717, 1.165) is 24.5 Å². The lowest BCUT2D eigenvalue weighted by molar-refractivity contribution is 0.147. The molecule has 1 saturated heterocycles. The molecule has 0 spiro atoms. The Morgan fingerprint density at radius 2 is 2.04 bits per heavy atom. The van der Waals surface area contributed by atoms with Gasteiger partial charge in [0.15, 0.2) is 0 Å². The Kier molecular flexibility index (Phi) is 5.27. The van der Waals surface area contributed by atoms with Crippen molar-refractivity contribution >= 4 is 11.6 Å². The molecule has 23 heavy (non-hydrogen) atoms. The second-order valence-corrected chi connectivity index (χ2v) is 7.12. The normalized spacial score (nSPS) is 28.4. The molecule has 2 fully saturated rings. The third-order valence-electron chi connectivity index (χ3n) is 5.40. The Bertz CT molecular complexity index is 551. The molecule has 1 aromatic rings. The van der Waals surface area contributed by atoms with Gasteiger partial charge in [0.1, 0.15) is 0 Å². The first-order chi connectivity index (χ1) is 11.2. The Hall–Kier alpha value is -1.07. The van der Waals surface area contributed by atoms with E-state index in [2.05, 4.69) is 29.0 Å². The minimum absolute atomic E-state index is 0.0324. The molecule has 3 rings (SSSR count). The van der Waals surface area contributed by atoms with Crippen LogP contribution >= 0.6 is 11.6 Å². The molecule has 0 radical (unpaired) electrons. The van der Waals surface area contributed by atoms with Crippen LogP contribution in [-0.2, 0) is 5.41 Å². The van der Waals surface area contributed by atoms with E-state index in [9.17, 15) is 0 Å². The third-order valence-corrected chi connectivity index (χ3v) is 5.65. The van der Waals surface area contributed by atoms with Crippen molar-refractivity contribution in [1.29, 1.82) is 0 Å². The Balaban J connectivity index is 1.83. The number of piperidine rings is 1. The van der Waals surface area contributed by atoms with Crippen LogP contribution in [0.4, 0.5) is 0 Å². The van der Waals surface area contributed by atoms with Gasteiger partial charge >= 0.3 is 0 Å². The molecule has 5 heteroatoms. The van der Waals surface area contributed by atoms with Crippen molar-refractivity contribution < 1.29 is 0 Å². The summed E-state index contributed by atoms with van der Waals surface area (Å²) in [5.74, 6) is 0. The second-order valence-electron chi connectivity index (χ2n) is 6.69. The van der Waals surface area contributed by atoms with Gasteiger partial charge in [-0.2, -0.15) is 0 Å². The summed E-state index contributed by atoms with van der Waals surface area (Å²) >= 11 is 6.06. The van der Waals surface area contributed by atoms with E-state index >= 15 is 0 Å². The maximum atomic E-state index is 6.64. The predicted octanol–water partition coefficient (Wildman–Crippen LogP) is 1.88. The summed E-state index contributed by atoms with van der Waals surface area (Å²) in [4.78, 5) is 0. The number of benzene rings is 1. The van der Waals surface area contributed by atoms with Crippen LogP contribution in [0.25, 0.3) is 0 Å². The van der Waals surface area contributed by atoms with Gasteiger partial charge in [0.25, 0.3) is 0 Å². The highest BCUT2D eigenvalue weighted by molar-refractivity contribution is 6.30. The van der Waals surface area contributed by atoms with Crippen LogP contribution in [0.5, 0.6) is 0 Å². The van der Waals surface area contributed by atoms with Crippen molar-refractivity contribution in [2.75, 3.05) is 19.6 Å². The zero-order valence-electron chi connectivity index (χ0n) is 13.5. The van der Waals surface area contributed by atoms with Crippen LogP contribution in [0, 0.1) is 0 Å². The minimum Gasteiger partial charge on any atom is -0.390 e. The van der Waals surface area contributed by atoms with Gasteiger partial charge in [0.05, 0.1) is 0 Å². The van der Waals surface area contributed by atoms with E-state index in [1.165, 1.54) is 30.4 Å². The van der Waals surface area contributed by atoms with E-state index in [1.54, 1.807) is 0 Å². The number of hydrogen-bond acceptors (Lipinski definition) is 4. The molecular weight excluding hydrogens is 308 g/mol. The Morgan fingerprint density at radius 1 is 1.30 bits per heavy atom. The molecule has 6 N–H and O–H groups in total. The van der Waals surface area contributed by atoms with Crippen LogP contribution in [0.1, 0.15) is 31.2 Å². The number of hydrogen-bond donors (Lipinski definition) is 4. The lowest BCUT2D eigenvalue weighted by Crippen LogP contribution is -2.63. The predicted molar refractivity (Wildman–Crippen MR) is 96.5 cm³/mol. The highest BCUT2D eigenvalue weighted by atomic mass is 35.5. The van der Waals surface area contributed by atoms with Gasteiger partial charge in [-0.15, -0.1) is 0 Å². The largest absolute Gasteiger partial charge is 0.390 e. The zero-order valence-corrected chi connectivity index (χ0v) is 14.3. The van der Waals surface area contributed by atoms with E-state index in [1.807, 2.05) is 12.1 Å². The van der Waals surface area contributed by atoms with Crippen molar-refractivity contribution in [2.24, 2.45) is 11.5 Å². The average molecular weight is 335 g/mol. The molecule has 0 amide bonds. The van der Waals surface area contributed by atoms with Crippen molar-refractivity contribution in [3.05, 3.63) is 46.6 Å². The first kappa shape index (κ1) is 16.8. The summed E-state index contributed by atoms with van der Waals surface area (Å²) in [7, 11) is 0. The first-order valence-electron chi connectivity index (χ1n) is 8.55. The number of rotatable bonds is 5. The molecule has 2 unspecified atom stereocenters. The summed E-state index contributed by atoms with van der Waals surface area (Å²) in [6.45, 7) is 2.40. The average Bonchev–Trinajstić information content (AvgIpc) is 2.51. The Labute approximate surface area is 143 Å². The van der Waals surface area contributed by atoms with Gasteiger partial charge in [-0.1, -0.05) is 30.2 Å². The van der Waals surface area contributed by atoms with E-state index in [-0.39, 0.29) is 17.5 Å². The highest BCUT2D eigenvalue weighted by Crippen LogP contribution is 2.48. The lowest BCUT2D eigenvalue weighted by Gasteiger charge is -2.52. The van der Waals surface area contributed by atoms with E-state index in [4.69, 9.17) is 23.1 Å². The maximum absolute atomic E-state index is 6.64. The van der Waals surface area contributed by atoms with Gasteiger partial charge in [0.2, 0.25) is 0 Å². The highest BCUT2D eigenvalue weighted by Gasteiger charge is 2.49. The standard InChI is InChI=1S/C18H27ClN4/c19-15-4-2-14(3-5-15)18(7-1-8-18)17-16(21)13(6-10-23-17)12-22-11-9-20/h2-5,12,16-17,22-23H,1,6-11,20-21H2/b13-12-. The number of nitrogens with one attached hydrogen (secondary N) is 2. The summed E-state index contributed by atoms with van der Waals surface area (Å²) in [5, 5.41) is 7.76. The van der Waals surface area contributed by atoms with Crippen molar-refractivity contribution in [3.63, 3.8) is 0 Å². The molecule has 2 aliphatic rings. The molecule has 1 aliphatic heterocycles. The van der Waals surface area contributed by atoms with Crippen LogP contribution in [0.15, 0.2) is 36.0 Å². The molecule has 4 nitrogen and oxygen atoms in total. The SMILES string of the molecule is NCCN/C=C1/CCNC(C2(c3ccc(Cl)cc3)CCC2)C1N. The van der Waals surface area contributed by atoms with E-state index < -0.39 is 0 Å². The van der Waals surface area contributed by atoms with Gasteiger partial charge in [0, 0.05) is 35.6 Å². The molecule has 0 aromatic heterocycles. The van der Waals surface area contributed by atoms with Crippen LogP contribution < -0.4 is 22.1 Å². The van der Waals surface area contributed by atoms with Crippen molar-refractivity contribution in [1.82, 2.24) is 10.6 Å². The summed E-state index contributed by atoms with van der Waals surface area (Å²) < 4.78 is 0. The van der Waals surface area contributed by atoms with Gasteiger partial charge in [-0.05, 0) is 55.3 Å². The first-order valence-corrected chi connectivity index (χ1v) is 8.92. The maximum Gasteiger partial charge on any atom is 0.0436 e. The smallest absolute Gasteiger partial charge is 0.0436 e. The van der Waals surface area contributed by atoms with Gasteiger partial charge in [-0.3, -0.25) is 0 Å². The summed E-state index contributed by atoms with van der Waals surface area (Å²) in [6, 6.07) is 8.62. The lowest BCUT2D eigenvalue weighted by atomic mass is 9.57. The van der Waals surface area contributed by atoms with Gasteiger partial charge in [-0.25, -0.2) is 0 Å². The van der Waals surface area contributed by atoms with Gasteiger partial charge < -0.3 is 22.1 Å². The number of nitrogens with two attached hydrogens (primary N) is 2. The molecule has 1 aliphatic carbocycles. The molecule has 126 valence electrons. The van der Waals surface area contributed by atoms with Crippen molar-refractivity contribution in [3.8, 4) is 0 Å². The fraction of sp³-hybridized carbons (Fsp3) is 0.556. The van der Waals surface area contributed by atoms with Crippen LogP contribution in [-0.4, -0.2) is 31.7 Å². The third kappa shape index (κ3) is 3.26. The van der Waals surface area contributed by atoms with Crippen molar-refractivity contribution in [2.45, 2.75) is 43.2 Å². The summed E-state index contributed by atoms with van der Waals surface area (Å²) in [5.41, 5.74) is 15.0. The quantitative estimate of drug-likeness (QED) is 0.620. The van der Waals surface area contributed by atoms with Crippen LogP contribution in [0.3, 0.4) is 0 Å². The minimum atomic E-state index is 0.0324. The molecule has 2 atom stereocenters. The molecule has 0 bridgehead atoms. The Morgan fingerprint density at radius 3 is 2.65 bits per heavy atom. The van der Waals surface area contributed by atoms with Crippen LogP contribution in [0.2, 0.25) is 5.02 Å². The monoisotopic (exact) mass is 334 g/mol. The topological polar surface area (TPSA) is 76.1 Å². The molecular formula is C18H27ClN4. The molecule has 1 heterocycles. The fourth-order valence-corrected chi connectivity index (χ4v) is 4.12. The second kappa shape index (κ2) is 7.22.